The van der Waals surface area contributed by atoms with Gasteiger partial charge in [0.05, 0.1) is 5.25 Å². The van der Waals surface area contributed by atoms with Crippen molar-refractivity contribution in [1.29, 1.82) is 0 Å². The first kappa shape index (κ1) is 16.1. The standard InChI is InChI=1S/C10H20N2O4S/c1-8(2)10(13)12-7-3-4-9(5-6-11)17(14,15)16/h9H,1,3-7,11H2,2H3,(H,12,13)(H,14,15,16). The van der Waals surface area contributed by atoms with Crippen LogP contribution in [-0.2, 0) is 14.9 Å². The van der Waals surface area contributed by atoms with Crippen molar-refractivity contribution in [1.82, 2.24) is 5.32 Å². The van der Waals surface area contributed by atoms with Crippen LogP contribution in [0.1, 0.15) is 26.2 Å². The Morgan fingerprint density at radius 2 is 2.06 bits per heavy atom. The Labute approximate surface area is 102 Å². The number of amides is 1. The lowest BCUT2D eigenvalue weighted by molar-refractivity contribution is -0.117. The van der Waals surface area contributed by atoms with Crippen LogP contribution >= 0.6 is 0 Å². The summed E-state index contributed by atoms with van der Waals surface area (Å²) in [6.07, 6.45) is 0.948. The first-order valence-corrected chi connectivity index (χ1v) is 6.89. The van der Waals surface area contributed by atoms with Gasteiger partial charge in [0.2, 0.25) is 5.91 Å². The minimum atomic E-state index is -4.05. The lowest BCUT2D eigenvalue weighted by Crippen LogP contribution is -2.28. The summed E-state index contributed by atoms with van der Waals surface area (Å²) in [5, 5.41) is 1.73. The number of rotatable bonds is 8. The molecule has 0 saturated heterocycles. The third-order valence-corrected chi connectivity index (χ3v) is 3.60. The molecule has 0 spiro atoms. The van der Waals surface area contributed by atoms with Crippen molar-refractivity contribution >= 4 is 16.0 Å². The van der Waals surface area contributed by atoms with Crippen molar-refractivity contribution in [2.75, 3.05) is 13.1 Å². The zero-order valence-electron chi connectivity index (χ0n) is 9.98. The van der Waals surface area contributed by atoms with Gasteiger partial charge in [0, 0.05) is 12.1 Å². The lowest BCUT2D eigenvalue weighted by Gasteiger charge is -2.12. The Bertz CT molecular complexity index is 365. The maximum absolute atomic E-state index is 11.1. The van der Waals surface area contributed by atoms with Crippen LogP contribution in [0, 0.1) is 0 Å². The lowest BCUT2D eigenvalue weighted by atomic mass is 10.2. The van der Waals surface area contributed by atoms with Crippen molar-refractivity contribution < 1.29 is 17.8 Å². The van der Waals surface area contributed by atoms with Gasteiger partial charge in [-0.15, -0.1) is 0 Å². The fourth-order valence-electron chi connectivity index (χ4n) is 1.31. The molecule has 0 heterocycles. The summed E-state index contributed by atoms with van der Waals surface area (Å²) in [6, 6.07) is 0. The Morgan fingerprint density at radius 1 is 1.47 bits per heavy atom. The Kier molecular flexibility index (Phi) is 7.01. The Morgan fingerprint density at radius 3 is 2.47 bits per heavy atom. The molecule has 0 aromatic carbocycles. The highest BCUT2D eigenvalue weighted by Crippen LogP contribution is 2.10. The summed E-state index contributed by atoms with van der Waals surface area (Å²) in [5.41, 5.74) is 5.66. The molecule has 0 bridgehead atoms. The molecule has 100 valence electrons. The highest BCUT2D eigenvalue weighted by molar-refractivity contribution is 7.86. The van der Waals surface area contributed by atoms with E-state index >= 15 is 0 Å². The molecule has 1 amide bonds. The molecule has 0 fully saturated rings. The molecule has 0 aliphatic heterocycles. The second-order valence-corrected chi connectivity index (χ2v) is 5.59. The van der Waals surface area contributed by atoms with E-state index < -0.39 is 15.4 Å². The van der Waals surface area contributed by atoms with E-state index in [1.807, 2.05) is 0 Å². The largest absolute Gasteiger partial charge is 0.352 e. The van der Waals surface area contributed by atoms with Crippen LogP contribution in [0.15, 0.2) is 12.2 Å². The average Bonchev–Trinajstić information content (AvgIpc) is 2.20. The molecular formula is C10H20N2O4S. The van der Waals surface area contributed by atoms with Crippen molar-refractivity contribution in [3.63, 3.8) is 0 Å². The molecule has 0 rings (SSSR count). The number of carbonyl (C=O) groups excluding carboxylic acids is 1. The van der Waals surface area contributed by atoms with E-state index in [1.54, 1.807) is 6.92 Å². The van der Waals surface area contributed by atoms with Gasteiger partial charge >= 0.3 is 0 Å². The van der Waals surface area contributed by atoms with E-state index in [0.717, 1.165) is 0 Å². The van der Waals surface area contributed by atoms with Gasteiger partial charge in [-0.25, -0.2) is 0 Å². The van der Waals surface area contributed by atoms with E-state index in [2.05, 4.69) is 11.9 Å². The van der Waals surface area contributed by atoms with E-state index in [0.29, 0.717) is 18.5 Å². The van der Waals surface area contributed by atoms with Gasteiger partial charge in [-0.05, 0) is 32.7 Å². The molecule has 17 heavy (non-hydrogen) atoms. The summed E-state index contributed by atoms with van der Waals surface area (Å²) in [6.45, 7) is 5.61. The van der Waals surface area contributed by atoms with Crippen molar-refractivity contribution in [3.05, 3.63) is 12.2 Å². The second kappa shape index (κ2) is 7.41. The van der Waals surface area contributed by atoms with Crippen LogP contribution in [0.25, 0.3) is 0 Å². The molecule has 1 atom stereocenters. The van der Waals surface area contributed by atoms with Gasteiger partial charge in [0.1, 0.15) is 0 Å². The highest BCUT2D eigenvalue weighted by Gasteiger charge is 2.21. The van der Waals surface area contributed by atoms with Crippen LogP contribution in [0.5, 0.6) is 0 Å². The first-order chi connectivity index (χ1) is 7.79. The van der Waals surface area contributed by atoms with Crippen molar-refractivity contribution in [2.24, 2.45) is 5.73 Å². The fraction of sp³-hybridized carbons (Fsp3) is 0.700. The van der Waals surface area contributed by atoms with Crippen LogP contribution in [0.3, 0.4) is 0 Å². The Hall–Kier alpha value is -0.920. The quantitative estimate of drug-likeness (QED) is 0.326. The number of hydrogen-bond acceptors (Lipinski definition) is 4. The SMILES string of the molecule is C=C(C)C(=O)NCCCC(CCN)S(=O)(=O)O. The highest BCUT2D eigenvalue weighted by atomic mass is 32.2. The third-order valence-electron chi connectivity index (χ3n) is 2.29. The van der Waals surface area contributed by atoms with Gasteiger partial charge in [-0.3, -0.25) is 9.35 Å². The number of carbonyl (C=O) groups is 1. The fourth-order valence-corrected chi connectivity index (χ4v) is 2.21. The average molecular weight is 264 g/mol. The number of hydrogen-bond donors (Lipinski definition) is 3. The molecule has 1 unspecified atom stereocenters. The van der Waals surface area contributed by atoms with Crippen LogP contribution in [0.4, 0.5) is 0 Å². The summed E-state index contributed by atoms with van der Waals surface area (Å²) >= 11 is 0. The van der Waals surface area contributed by atoms with Gasteiger partial charge in [0.25, 0.3) is 10.1 Å². The number of nitrogens with one attached hydrogen (secondary N) is 1. The molecule has 0 aliphatic carbocycles. The molecule has 0 aromatic rings. The molecule has 0 aromatic heterocycles. The monoisotopic (exact) mass is 264 g/mol. The molecular weight excluding hydrogens is 244 g/mol. The van der Waals surface area contributed by atoms with Gasteiger partial charge < -0.3 is 11.1 Å². The predicted molar refractivity (Wildman–Crippen MR) is 66.1 cm³/mol. The minimum Gasteiger partial charge on any atom is -0.352 e. The van der Waals surface area contributed by atoms with Crippen LogP contribution in [-0.4, -0.2) is 37.2 Å². The molecule has 6 nitrogen and oxygen atoms in total. The van der Waals surface area contributed by atoms with E-state index in [4.69, 9.17) is 10.3 Å². The predicted octanol–water partition coefficient (Wildman–Crippen LogP) is 0.0641. The summed E-state index contributed by atoms with van der Waals surface area (Å²) in [7, 11) is -4.05. The maximum atomic E-state index is 11.1. The van der Waals surface area contributed by atoms with E-state index in [1.165, 1.54) is 0 Å². The van der Waals surface area contributed by atoms with Gasteiger partial charge in [0.15, 0.2) is 0 Å². The summed E-state index contributed by atoms with van der Waals surface area (Å²) < 4.78 is 30.8. The topological polar surface area (TPSA) is 109 Å². The maximum Gasteiger partial charge on any atom is 0.267 e. The zero-order chi connectivity index (χ0) is 13.5. The molecule has 4 N–H and O–H groups in total. The molecule has 0 aliphatic rings. The summed E-state index contributed by atoms with van der Waals surface area (Å²) in [5.74, 6) is -0.257. The van der Waals surface area contributed by atoms with E-state index in [-0.39, 0.29) is 25.3 Å². The minimum absolute atomic E-state index is 0.197. The normalized spacial score (nSPS) is 13.1. The number of nitrogens with two attached hydrogens (primary N) is 1. The Balaban J connectivity index is 4.00. The van der Waals surface area contributed by atoms with Crippen molar-refractivity contribution in [3.8, 4) is 0 Å². The molecule has 0 saturated carbocycles. The molecule has 0 radical (unpaired) electrons. The van der Waals surface area contributed by atoms with Crippen molar-refractivity contribution in [2.45, 2.75) is 31.4 Å². The smallest absolute Gasteiger partial charge is 0.267 e. The van der Waals surface area contributed by atoms with Gasteiger partial charge in [-0.2, -0.15) is 8.42 Å². The summed E-state index contributed by atoms with van der Waals surface area (Å²) in [4.78, 5) is 11.1. The molecule has 7 heteroatoms. The van der Waals surface area contributed by atoms with Crippen LogP contribution < -0.4 is 11.1 Å². The van der Waals surface area contributed by atoms with Gasteiger partial charge in [-0.1, -0.05) is 6.58 Å². The van der Waals surface area contributed by atoms with E-state index in [9.17, 15) is 13.2 Å². The zero-order valence-corrected chi connectivity index (χ0v) is 10.8. The van der Waals surface area contributed by atoms with Crippen LogP contribution in [0.2, 0.25) is 0 Å². The second-order valence-electron chi connectivity index (χ2n) is 3.89. The first-order valence-electron chi connectivity index (χ1n) is 5.39. The third kappa shape index (κ3) is 7.09.